The number of hydrogen-bond donors (Lipinski definition) is 0. The van der Waals surface area contributed by atoms with E-state index in [1.807, 2.05) is 26.0 Å². The molecule has 0 saturated heterocycles. The first-order chi connectivity index (χ1) is 11.9. The number of esters is 1. The lowest BCUT2D eigenvalue weighted by Gasteiger charge is -2.05. The lowest BCUT2D eigenvalue weighted by molar-refractivity contribution is -0.141. The van der Waals surface area contributed by atoms with Crippen LogP contribution in [0.15, 0.2) is 29.4 Å². The van der Waals surface area contributed by atoms with Gasteiger partial charge in [-0.05, 0) is 43.2 Å². The molecule has 0 N–H and O–H groups in total. The highest BCUT2D eigenvalue weighted by Crippen LogP contribution is 2.22. The molecule has 8 heteroatoms. The van der Waals surface area contributed by atoms with Gasteiger partial charge in [0.05, 0.1) is 17.3 Å². The summed E-state index contributed by atoms with van der Waals surface area (Å²) in [5.74, 6) is -0.800. The summed E-state index contributed by atoms with van der Waals surface area (Å²) in [4.78, 5) is 29.0. The molecule has 0 unspecified atom stereocenters. The van der Waals surface area contributed by atoms with Crippen molar-refractivity contribution < 1.29 is 14.3 Å². The summed E-state index contributed by atoms with van der Waals surface area (Å²) in [5, 5.41) is 3.99. The molecule has 0 spiro atoms. The normalized spacial score (nSPS) is 11.9. The third-order valence-electron chi connectivity index (χ3n) is 4.05. The number of thiazole rings is 1. The first kappa shape index (κ1) is 17.1. The summed E-state index contributed by atoms with van der Waals surface area (Å²) in [6.45, 7) is 4.03. The number of carbonyl (C=O) groups is 2. The molecular weight excluding hydrogens is 340 g/mol. The molecule has 3 rings (SSSR count). The number of hydrogen-bond acceptors (Lipinski definition) is 5. The number of aryl methyl sites for hydroxylation is 3. The zero-order valence-electron chi connectivity index (χ0n) is 14.4. The molecule has 130 valence electrons. The Labute approximate surface area is 148 Å². The largest absolute Gasteiger partial charge is 0.468 e. The Balaban J connectivity index is 2.20. The topological polar surface area (TPSA) is 78.5 Å². The van der Waals surface area contributed by atoms with Crippen molar-refractivity contribution in [2.24, 2.45) is 12.0 Å². The van der Waals surface area contributed by atoms with Crippen molar-refractivity contribution in [3.63, 3.8) is 0 Å². The Morgan fingerprint density at radius 1 is 1.28 bits per heavy atom. The molecule has 1 amide bonds. The molecule has 0 aliphatic heterocycles. The number of carbonyl (C=O) groups excluding carboxylic acids is 2. The van der Waals surface area contributed by atoms with E-state index in [2.05, 4.69) is 10.1 Å². The van der Waals surface area contributed by atoms with Crippen molar-refractivity contribution in [2.45, 2.75) is 20.4 Å². The summed E-state index contributed by atoms with van der Waals surface area (Å²) in [7, 11) is 3.02. The van der Waals surface area contributed by atoms with E-state index < -0.39 is 11.9 Å². The monoisotopic (exact) mass is 358 g/mol. The van der Waals surface area contributed by atoms with Crippen molar-refractivity contribution in [1.82, 2.24) is 14.3 Å². The lowest BCUT2D eigenvalue weighted by atomic mass is 10.1. The minimum absolute atomic E-state index is 0.00347. The van der Waals surface area contributed by atoms with Crippen LogP contribution in [-0.4, -0.2) is 33.3 Å². The number of nitrogens with zero attached hydrogens (tertiary/aromatic N) is 4. The van der Waals surface area contributed by atoms with Gasteiger partial charge in [0.25, 0.3) is 5.91 Å². The van der Waals surface area contributed by atoms with E-state index >= 15 is 0 Å². The van der Waals surface area contributed by atoms with Crippen LogP contribution >= 0.6 is 11.3 Å². The van der Waals surface area contributed by atoms with Gasteiger partial charge >= 0.3 is 5.97 Å². The highest BCUT2D eigenvalue weighted by atomic mass is 32.1. The first-order valence-corrected chi connectivity index (χ1v) is 8.47. The van der Waals surface area contributed by atoms with Crippen LogP contribution in [0.25, 0.3) is 10.2 Å². The quantitative estimate of drug-likeness (QED) is 0.671. The Bertz CT molecular complexity index is 1040. The van der Waals surface area contributed by atoms with Gasteiger partial charge in [0, 0.05) is 13.2 Å². The molecular formula is C17H18N4O3S. The van der Waals surface area contributed by atoms with Gasteiger partial charge in [0.2, 0.25) is 0 Å². The van der Waals surface area contributed by atoms with E-state index in [0.717, 1.165) is 21.3 Å². The van der Waals surface area contributed by atoms with E-state index in [0.29, 0.717) is 10.5 Å². The molecule has 3 aromatic rings. The lowest BCUT2D eigenvalue weighted by Crippen LogP contribution is -2.22. The number of methoxy groups -OCH3 is 1. The maximum atomic E-state index is 12.5. The van der Waals surface area contributed by atoms with Crippen molar-refractivity contribution >= 4 is 33.4 Å². The van der Waals surface area contributed by atoms with Gasteiger partial charge in [0.15, 0.2) is 4.80 Å². The van der Waals surface area contributed by atoms with Crippen molar-refractivity contribution in [2.75, 3.05) is 7.11 Å². The van der Waals surface area contributed by atoms with E-state index in [1.54, 1.807) is 23.9 Å². The molecule has 0 atom stereocenters. The van der Waals surface area contributed by atoms with Crippen molar-refractivity contribution in [1.29, 1.82) is 0 Å². The number of rotatable bonds is 3. The second kappa shape index (κ2) is 6.64. The first-order valence-electron chi connectivity index (χ1n) is 7.65. The molecule has 2 aromatic heterocycles. The Morgan fingerprint density at radius 3 is 2.64 bits per heavy atom. The molecule has 7 nitrogen and oxygen atoms in total. The molecule has 0 radical (unpaired) electrons. The molecule has 0 bridgehead atoms. The molecule has 1 aromatic carbocycles. The maximum Gasteiger partial charge on any atom is 0.325 e. The van der Waals surface area contributed by atoms with Crippen LogP contribution in [0.5, 0.6) is 0 Å². The van der Waals surface area contributed by atoms with Crippen LogP contribution in [0.3, 0.4) is 0 Å². The fourth-order valence-corrected chi connectivity index (χ4v) is 3.59. The summed E-state index contributed by atoms with van der Waals surface area (Å²) in [6.07, 6.45) is 1.54. The fraction of sp³-hybridized carbons (Fsp3) is 0.294. The van der Waals surface area contributed by atoms with Crippen molar-refractivity contribution in [3.8, 4) is 0 Å². The Hall–Kier alpha value is -2.74. The van der Waals surface area contributed by atoms with Crippen LogP contribution in [-0.2, 0) is 23.1 Å². The van der Waals surface area contributed by atoms with Crippen LogP contribution < -0.4 is 4.80 Å². The fourth-order valence-electron chi connectivity index (χ4n) is 2.48. The predicted molar refractivity (Wildman–Crippen MR) is 94.4 cm³/mol. The van der Waals surface area contributed by atoms with E-state index in [-0.39, 0.29) is 6.54 Å². The number of amides is 1. The standard InChI is InChI=1S/C17H18N4O3S/c1-10-7-13-14(8-11(10)2)25-17(21(13)9-15(22)24-4)19-16(23)12-5-6-18-20(12)3/h5-8H,9H2,1-4H3. The van der Waals surface area contributed by atoms with E-state index in [1.165, 1.54) is 23.1 Å². The molecule has 2 heterocycles. The number of ether oxygens (including phenoxy) is 1. The summed E-state index contributed by atoms with van der Waals surface area (Å²) in [6, 6.07) is 5.65. The number of fused-ring (bicyclic) bond motifs is 1. The second-order valence-electron chi connectivity index (χ2n) is 5.71. The Kier molecular flexibility index (Phi) is 4.54. The Morgan fingerprint density at radius 2 is 2.00 bits per heavy atom. The van der Waals surface area contributed by atoms with Gasteiger partial charge in [-0.2, -0.15) is 10.1 Å². The molecule has 0 aliphatic rings. The van der Waals surface area contributed by atoms with Crippen LogP contribution in [0.2, 0.25) is 0 Å². The average Bonchev–Trinajstić information content (AvgIpc) is 3.13. The van der Waals surface area contributed by atoms with Crippen LogP contribution in [0.1, 0.15) is 21.6 Å². The predicted octanol–water partition coefficient (Wildman–Crippen LogP) is 1.97. The molecule has 0 fully saturated rings. The highest BCUT2D eigenvalue weighted by molar-refractivity contribution is 7.16. The van der Waals surface area contributed by atoms with Gasteiger partial charge in [-0.15, -0.1) is 0 Å². The minimum Gasteiger partial charge on any atom is -0.468 e. The minimum atomic E-state index is -0.404. The molecule has 0 saturated carbocycles. The van der Waals surface area contributed by atoms with Crippen LogP contribution in [0.4, 0.5) is 0 Å². The zero-order chi connectivity index (χ0) is 18.1. The van der Waals surface area contributed by atoms with Gasteiger partial charge in [-0.1, -0.05) is 11.3 Å². The van der Waals surface area contributed by atoms with Gasteiger partial charge in [-0.3, -0.25) is 14.3 Å². The second-order valence-corrected chi connectivity index (χ2v) is 6.72. The van der Waals surface area contributed by atoms with Gasteiger partial charge < -0.3 is 9.30 Å². The summed E-state index contributed by atoms with van der Waals surface area (Å²) < 4.78 is 8.93. The van der Waals surface area contributed by atoms with Gasteiger partial charge in [0.1, 0.15) is 12.2 Å². The highest BCUT2D eigenvalue weighted by Gasteiger charge is 2.14. The summed E-state index contributed by atoms with van der Waals surface area (Å²) >= 11 is 1.37. The SMILES string of the molecule is COC(=O)Cn1c(=NC(=O)c2ccnn2C)sc2cc(C)c(C)cc21. The molecule has 0 aliphatic carbocycles. The van der Waals surface area contributed by atoms with Crippen molar-refractivity contribution in [3.05, 3.63) is 46.0 Å². The van der Waals surface area contributed by atoms with E-state index in [9.17, 15) is 9.59 Å². The third-order valence-corrected chi connectivity index (χ3v) is 5.09. The number of aromatic nitrogens is 3. The average molecular weight is 358 g/mol. The zero-order valence-corrected chi connectivity index (χ0v) is 15.3. The smallest absolute Gasteiger partial charge is 0.325 e. The van der Waals surface area contributed by atoms with Gasteiger partial charge in [-0.25, -0.2) is 0 Å². The van der Waals surface area contributed by atoms with Crippen LogP contribution in [0, 0.1) is 13.8 Å². The summed E-state index contributed by atoms with van der Waals surface area (Å²) in [5.41, 5.74) is 3.49. The molecule has 25 heavy (non-hydrogen) atoms. The van der Waals surface area contributed by atoms with E-state index in [4.69, 9.17) is 4.74 Å². The third kappa shape index (κ3) is 3.25. The maximum absolute atomic E-state index is 12.5. The number of benzene rings is 1.